The van der Waals surface area contributed by atoms with Gasteiger partial charge in [-0.2, -0.15) is 0 Å². The average molecular weight is 708 g/mol. The van der Waals surface area contributed by atoms with Crippen molar-refractivity contribution >= 4 is 40.7 Å². The van der Waals surface area contributed by atoms with Crippen LogP contribution < -0.4 is 16.0 Å². The van der Waals surface area contributed by atoms with Crippen LogP contribution in [0.15, 0.2) is 54.0 Å². The molecular weight excluding hydrogens is 659 g/mol. The zero-order chi connectivity index (χ0) is 36.4. The number of nitrogens with zero attached hydrogens (tertiary/aromatic N) is 2. The van der Waals surface area contributed by atoms with E-state index < -0.39 is 41.4 Å². The summed E-state index contributed by atoms with van der Waals surface area (Å²) in [5, 5.41) is 28.6. The standard InChI is InChI=1S/C37H49N5O7S/c1-23(25-9-11-26(12-10-25)32-24(2)39-22-50-32)40-34(45)30-19-29(43)20-42(30)35(46)33(37(3,4)5)41-31(44)21-49-18-8-6-7-17-38-28-15-13-27(14-16-28)36(47)48/h9-16,22-23,29-30,33,38,43H,6-8,17-21H2,1-5H3,(H,40,45)(H,41,44)(H,47,48)/t23-,29+,30-,33+/m0/s1. The molecule has 0 aliphatic carbocycles. The molecule has 12 nitrogen and oxygen atoms in total. The molecule has 3 amide bonds. The number of nitrogens with one attached hydrogen (secondary N) is 3. The maximum absolute atomic E-state index is 13.9. The van der Waals surface area contributed by atoms with Crippen LogP contribution in [0, 0.1) is 12.3 Å². The van der Waals surface area contributed by atoms with E-state index in [-0.39, 0.29) is 37.1 Å². The number of aromatic carboxylic acids is 1. The number of anilines is 1. The van der Waals surface area contributed by atoms with Crippen LogP contribution in [-0.4, -0.2) is 88.3 Å². The number of aliphatic hydroxyl groups excluding tert-OH is 1. The minimum absolute atomic E-state index is 0.00432. The zero-order valence-corrected chi connectivity index (χ0v) is 30.2. The number of aliphatic hydroxyl groups is 1. The normalized spacial score (nSPS) is 17.2. The molecule has 4 atom stereocenters. The Hall–Kier alpha value is -4.33. The van der Waals surface area contributed by atoms with Gasteiger partial charge in [-0.1, -0.05) is 45.0 Å². The number of aryl methyl sites for hydroxylation is 1. The molecule has 0 spiro atoms. The predicted octanol–water partition coefficient (Wildman–Crippen LogP) is 4.79. The first-order chi connectivity index (χ1) is 23.7. The second-order valence-corrected chi connectivity index (χ2v) is 14.7. The van der Waals surface area contributed by atoms with Crippen molar-refractivity contribution in [2.75, 3.05) is 31.6 Å². The summed E-state index contributed by atoms with van der Waals surface area (Å²) in [6, 6.07) is 12.3. The average Bonchev–Trinajstić information content (AvgIpc) is 3.69. The van der Waals surface area contributed by atoms with Crippen molar-refractivity contribution in [1.82, 2.24) is 20.5 Å². The van der Waals surface area contributed by atoms with E-state index in [2.05, 4.69) is 20.9 Å². The first-order valence-electron chi connectivity index (χ1n) is 17.0. The summed E-state index contributed by atoms with van der Waals surface area (Å²) in [5.41, 5.74) is 5.15. The fourth-order valence-corrected chi connectivity index (χ4v) is 6.66. The Labute approximate surface area is 297 Å². The lowest BCUT2D eigenvalue weighted by molar-refractivity contribution is -0.144. The largest absolute Gasteiger partial charge is 0.478 e. The number of rotatable bonds is 16. The van der Waals surface area contributed by atoms with Gasteiger partial charge in [0.05, 0.1) is 33.8 Å². The molecule has 1 aromatic heterocycles. The van der Waals surface area contributed by atoms with Crippen molar-refractivity contribution in [2.24, 2.45) is 5.41 Å². The first kappa shape index (κ1) is 38.5. The van der Waals surface area contributed by atoms with Gasteiger partial charge in [0.25, 0.3) is 0 Å². The molecule has 1 aliphatic heterocycles. The molecule has 2 aromatic carbocycles. The number of amides is 3. The highest BCUT2D eigenvalue weighted by atomic mass is 32.1. The van der Waals surface area contributed by atoms with Crippen molar-refractivity contribution in [3.05, 3.63) is 70.9 Å². The van der Waals surface area contributed by atoms with Crippen LogP contribution in [0.2, 0.25) is 0 Å². The molecule has 5 N–H and O–H groups in total. The predicted molar refractivity (Wildman–Crippen MR) is 193 cm³/mol. The maximum atomic E-state index is 13.9. The molecule has 3 aromatic rings. The molecule has 0 bridgehead atoms. The number of likely N-dealkylation sites (tertiary alicyclic amines) is 1. The number of hydrogen-bond donors (Lipinski definition) is 5. The van der Waals surface area contributed by atoms with E-state index in [9.17, 15) is 24.3 Å². The molecule has 4 rings (SSSR count). The summed E-state index contributed by atoms with van der Waals surface area (Å²) in [7, 11) is 0. The molecule has 0 unspecified atom stereocenters. The number of aromatic nitrogens is 1. The topological polar surface area (TPSA) is 170 Å². The zero-order valence-electron chi connectivity index (χ0n) is 29.4. The number of carbonyl (C=O) groups excluding carboxylic acids is 3. The number of β-amino-alcohol motifs (C(OH)–C–C–N with tert-alkyl or cyclic N) is 1. The van der Waals surface area contributed by atoms with E-state index in [1.54, 1.807) is 35.6 Å². The molecule has 270 valence electrons. The Morgan fingerprint density at radius 3 is 2.34 bits per heavy atom. The lowest BCUT2D eigenvalue weighted by Crippen LogP contribution is -2.58. The van der Waals surface area contributed by atoms with Gasteiger partial charge in [0.1, 0.15) is 18.7 Å². The van der Waals surface area contributed by atoms with E-state index in [4.69, 9.17) is 9.84 Å². The van der Waals surface area contributed by atoms with E-state index in [0.717, 1.165) is 46.6 Å². The number of thiazole rings is 1. The number of carboxylic acids is 1. The monoisotopic (exact) mass is 707 g/mol. The number of benzene rings is 2. The molecule has 0 radical (unpaired) electrons. The van der Waals surface area contributed by atoms with Crippen LogP contribution in [0.1, 0.15) is 81.0 Å². The molecule has 13 heteroatoms. The summed E-state index contributed by atoms with van der Waals surface area (Å²) in [6.45, 7) is 10.2. The van der Waals surface area contributed by atoms with Crippen LogP contribution in [-0.2, 0) is 19.1 Å². The Morgan fingerprint density at radius 1 is 1.02 bits per heavy atom. The van der Waals surface area contributed by atoms with Gasteiger partial charge < -0.3 is 35.8 Å². The van der Waals surface area contributed by atoms with Gasteiger partial charge in [0.15, 0.2) is 0 Å². The van der Waals surface area contributed by atoms with Crippen molar-refractivity contribution in [3.8, 4) is 10.4 Å². The quantitative estimate of drug-likeness (QED) is 0.132. The van der Waals surface area contributed by atoms with Gasteiger partial charge >= 0.3 is 5.97 Å². The smallest absolute Gasteiger partial charge is 0.335 e. The van der Waals surface area contributed by atoms with Crippen LogP contribution in [0.5, 0.6) is 0 Å². The molecular formula is C37H49N5O7S. The minimum atomic E-state index is -0.961. The number of unbranched alkanes of at least 4 members (excludes halogenated alkanes) is 2. The maximum Gasteiger partial charge on any atom is 0.335 e. The molecule has 50 heavy (non-hydrogen) atoms. The number of carboxylic acid groups (broad SMARTS) is 1. The van der Waals surface area contributed by atoms with Gasteiger partial charge in [-0.25, -0.2) is 9.78 Å². The van der Waals surface area contributed by atoms with Gasteiger partial charge in [0, 0.05) is 31.8 Å². The van der Waals surface area contributed by atoms with E-state index in [1.807, 2.05) is 64.4 Å². The minimum Gasteiger partial charge on any atom is -0.478 e. The van der Waals surface area contributed by atoms with Crippen LogP contribution in [0.25, 0.3) is 10.4 Å². The highest BCUT2D eigenvalue weighted by Crippen LogP contribution is 2.29. The molecule has 1 saturated heterocycles. The van der Waals surface area contributed by atoms with Gasteiger partial charge in [-0.15, -0.1) is 11.3 Å². The third kappa shape index (κ3) is 10.6. The second-order valence-electron chi connectivity index (χ2n) is 13.8. The van der Waals surface area contributed by atoms with Gasteiger partial charge in [-0.05, 0) is 73.9 Å². The highest BCUT2D eigenvalue weighted by Gasteiger charge is 2.44. The second kappa shape index (κ2) is 17.6. The molecule has 1 aliphatic rings. The number of carbonyl (C=O) groups is 4. The highest BCUT2D eigenvalue weighted by molar-refractivity contribution is 7.13. The van der Waals surface area contributed by atoms with Crippen molar-refractivity contribution in [1.29, 1.82) is 0 Å². The van der Waals surface area contributed by atoms with E-state index in [0.29, 0.717) is 13.2 Å². The molecule has 0 saturated carbocycles. The number of hydrogen-bond acceptors (Lipinski definition) is 9. The fourth-order valence-electron chi connectivity index (χ4n) is 5.85. The van der Waals surface area contributed by atoms with Crippen molar-refractivity contribution < 1.29 is 34.1 Å². The molecule has 2 heterocycles. The van der Waals surface area contributed by atoms with Crippen LogP contribution >= 0.6 is 11.3 Å². The Balaban J connectivity index is 1.23. The summed E-state index contributed by atoms with van der Waals surface area (Å²) in [5.74, 6) is -2.18. The van der Waals surface area contributed by atoms with Gasteiger partial charge in [-0.3, -0.25) is 14.4 Å². The first-order valence-corrected chi connectivity index (χ1v) is 17.9. The summed E-state index contributed by atoms with van der Waals surface area (Å²) < 4.78 is 5.59. The Kier molecular flexibility index (Phi) is 13.5. The summed E-state index contributed by atoms with van der Waals surface area (Å²) in [4.78, 5) is 58.1. The third-order valence-electron chi connectivity index (χ3n) is 8.72. The lowest BCUT2D eigenvalue weighted by Gasteiger charge is -2.35. The lowest BCUT2D eigenvalue weighted by atomic mass is 9.85. The Bertz CT molecular complexity index is 1600. The fraction of sp³-hybridized carbons (Fsp3) is 0.486. The van der Waals surface area contributed by atoms with Crippen molar-refractivity contribution in [2.45, 2.75) is 84.5 Å². The Morgan fingerprint density at radius 2 is 1.72 bits per heavy atom. The summed E-state index contributed by atoms with van der Waals surface area (Å²) >= 11 is 1.57. The third-order valence-corrected chi connectivity index (χ3v) is 9.70. The SMILES string of the molecule is Cc1ncsc1-c1ccc([C@H](C)NC(=O)[C@@H]2C[C@@H](O)CN2C(=O)[C@@H](NC(=O)COCCCCCNc2ccc(C(=O)O)cc2)C(C)(C)C)cc1. The van der Waals surface area contributed by atoms with E-state index in [1.165, 1.54) is 4.90 Å². The van der Waals surface area contributed by atoms with Crippen LogP contribution in [0.3, 0.4) is 0 Å². The molecule has 1 fully saturated rings. The van der Waals surface area contributed by atoms with Gasteiger partial charge in [0.2, 0.25) is 17.7 Å². The van der Waals surface area contributed by atoms with Crippen LogP contribution in [0.4, 0.5) is 5.69 Å². The number of ether oxygens (including phenoxy) is 1. The van der Waals surface area contributed by atoms with Crippen molar-refractivity contribution in [3.63, 3.8) is 0 Å². The van der Waals surface area contributed by atoms with E-state index >= 15 is 0 Å². The summed E-state index contributed by atoms with van der Waals surface area (Å²) in [6.07, 6.45) is 1.71.